The fraction of sp³-hybridized carbons (Fsp3) is 1.00. The molecule has 1 heterocycles. The van der Waals surface area contributed by atoms with Gasteiger partial charge in [0.05, 0.1) is 12.7 Å². The Balaban J connectivity index is 1.88. The molecule has 2 nitrogen and oxygen atoms in total. The van der Waals surface area contributed by atoms with Gasteiger partial charge in [0.2, 0.25) is 0 Å². The van der Waals surface area contributed by atoms with Crippen LogP contribution >= 0.6 is 0 Å². The average Bonchev–Trinajstić information content (AvgIpc) is 2.21. The molecule has 0 aromatic rings. The Bertz CT molecular complexity index is 42.8. The van der Waals surface area contributed by atoms with Gasteiger partial charge in [-0.1, -0.05) is 0 Å². The Labute approximate surface area is 37.5 Å². The van der Waals surface area contributed by atoms with Crippen LogP contribution in [0.15, 0.2) is 0 Å². The van der Waals surface area contributed by atoms with Crippen LogP contribution in [0, 0.1) is 0 Å². The van der Waals surface area contributed by atoms with E-state index in [1.54, 1.807) is 0 Å². The molecule has 1 atom stereocenters. The van der Waals surface area contributed by atoms with E-state index in [0.29, 0.717) is 6.10 Å². The Morgan fingerprint density at radius 3 is 2.83 bits per heavy atom. The first kappa shape index (κ1) is 4.09. The molecule has 0 radical (unpaired) electrons. The van der Waals surface area contributed by atoms with Crippen LogP contribution in [0.25, 0.3) is 0 Å². The van der Waals surface area contributed by atoms with Crippen molar-refractivity contribution < 1.29 is 4.74 Å². The number of nitrogens with one attached hydrogen (secondary N) is 1. The van der Waals surface area contributed by atoms with Crippen molar-refractivity contribution in [3.05, 3.63) is 0 Å². The largest absolute Gasteiger partial charge is 0.372 e. The highest BCUT2D eigenvalue weighted by molar-refractivity contribution is 4.69. The van der Waals surface area contributed by atoms with Gasteiger partial charge in [-0.15, -0.1) is 0 Å². The number of hydrogen-bond acceptors (Lipinski definition) is 2. The van der Waals surface area contributed by atoms with Gasteiger partial charge in [0.15, 0.2) is 0 Å². The van der Waals surface area contributed by atoms with Gasteiger partial charge < -0.3 is 10.1 Å². The van der Waals surface area contributed by atoms with E-state index in [0.717, 1.165) is 13.2 Å². The molecule has 0 unspecified atom stereocenters. The fourth-order valence-electron chi connectivity index (χ4n) is 0.414. The third-order valence-corrected chi connectivity index (χ3v) is 0.834. The van der Waals surface area contributed by atoms with Crippen molar-refractivity contribution in [3.8, 4) is 0 Å². The van der Waals surface area contributed by atoms with E-state index in [4.69, 9.17) is 4.74 Å². The van der Waals surface area contributed by atoms with Gasteiger partial charge in [0.25, 0.3) is 0 Å². The van der Waals surface area contributed by atoms with E-state index in [1.165, 1.54) is 0 Å². The third-order valence-electron chi connectivity index (χ3n) is 0.834. The monoisotopic (exact) mass is 87.1 g/mol. The number of epoxide rings is 1. The summed E-state index contributed by atoms with van der Waals surface area (Å²) in [6, 6.07) is 0. The molecule has 6 heavy (non-hydrogen) atoms. The first-order valence-electron chi connectivity index (χ1n) is 2.19. The predicted octanol–water partition coefficient (Wildman–Crippen LogP) is -0.395. The predicted molar refractivity (Wildman–Crippen MR) is 23.7 cm³/mol. The van der Waals surface area contributed by atoms with Gasteiger partial charge >= 0.3 is 0 Å². The van der Waals surface area contributed by atoms with E-state index in [9.17, 15) is 0 Å². The summed E-state index contributed by atoms with van der Waals surface area (Å²) in [5.74, 6) is 0. The Morgan fingerprint density at radius 1 is 2.00 bits per heavy atom. The summed E-state index contributed by atoms with van der Waals surface area (Å²) < 4.78 is 4.89. The minimum atomic E-state index is 0.537. The van der Waals surface area contributed by atoms with Crippen LogP contribution < -0.4 is 5.32 Å². The smallest absolute Gasteiger partial charge is 0.0933 e. The van der Waals surface area contributed by atoms with Crippen LogP contribution in [-0.2, 0) is 4.74 Å². The fourth-order valence-corrected chi connectivity index (χ4v) is 0.414. The molecule has 0 aliphatic carbocycles. The van der Waals surface area contributed by atoms with Crippen molar-refractivity contribution >= 4 is 0 Å². The van der Waals surface area contributed by atoms with Gasteiger partial charge in [0, 0.05) is 6.54 Å². The zero-order valence-electron chi connectivity index (χ0n) is 3.90. The molecular weight excluding hydrogens is 78.0 g/mol. The first-order chi connectivity index (χ1) is 2.93. The molecule has 36 valence electrons. The van der Waals surface area contributed by atoms with E-state index >= 15 is 0 Å². The topological polar surface area (TPSA) is 24.6 Å². The summed E-state index contributed by atoms with van der Waals surface area (Å²) in [4.78, 5) is 0. The SMILES string of the molecule is CNC[C@H]1CO1. The van der Waals surface area contributed by atoms with Crippen LogP contribution in [0.2, 0.25) is 0 Å². The van der Waals surface area contributed by atoms with Crippen molar-refractivity contribution in [2.45, 2.75) is 6.10 Å². The Kier molecular flexibility index (Phi) is 1.08. The maximum atomic E-state index is 4.89. The van der Waals surface area contributed by atoms with Crippen molar-refractivity contribution in [2.75, 3.05) is 20.2 Å². The summed E-state index contributed by atoms with van der Waals surface area (Å²) in [7, 11) is 1.93. The molecule has 0 aromatic carbocycles. The lowest BCUT2D eigenvalue weighted by Gasteiger charge is -1.84. The van der Waals surface area contributed by atoms with Crippen molar-refractivity contribution in [2.24, 2.45) is 0 Å². The minimum Gasteiger partial charge on any atom is -0.372 e. The van der Waals surface area contributed by atoms with Crippen LogP contribution in [0.4, 0.5) is 0 Å². The van der Waals surface area contributed by atoms with E-state index in [2.05, 4.69) is 5.32 Å². The summed E-state index contributed by atoms with van der Waals surface area (Å²) in [6.45, 7) is 1.97. The van der Waals surface area contributed by atoms with Crippen molar-refractivity contribution in [1.29, 1.82) is 0 Å². The molecule has 1 fully saturated rings. The van der Waals surface area contributed by atoms with Gasteiger partial charge in [-0.05, 0) is 7.05 Å². The van der Waals surface area contributed by atoms with Crippen LogP contribution in [-0.4, -0.2) is 26.3 Å². The molecule has 1 saturated heterocycles. The maximum absolute atomic E-state index is 4.89. The number of likely N-dealkylation sites (N-methyl/N-ethyl adjacent to an activating group) is 1. The Hall–Kier alpha value is -0.0800. The molecule has 0 bridgehead atoms. The van der Waals surface area contributed by atoms with Crippen LogP contribution in [0.1, 0.15) is 0 Å². The highest BCUT2D eigenvalue weighted by Crippen LogP contribution is 2.05. The average molecular weight is 87.1 g/mol. The van der Waals surface area contributed by atoms with E-state index in [1.807, 2.05) is 7.05 Å². The maximum Gasteiger partial charge on any atom is 0.0933 e. The number of ether oxygens (including phenoxy) is 1. The summed E-state index contributed by atoms with van der Waals surface area (Å²) in [5, 5.41) is 3.00. The molecule has 0 spiro atoms. The quantitative estimate of drug-likeness (QED) is 0.464. The van der Waals surface area contributed by atoms with Gasteiger partial charge in [0.1, 0.15) is 0 Å². The zero-order chi connectivity index (χ0) is 4.41. The lowest BCUT2D eigenvalue weighted by Crippen LogP contribution is -2.12. The standard InChI is InChI=1S/C4H9NO/c1-5-2-4-3-6-4/h4-5H,2-3H2,1H3/t4-/m0/s1. The summed E-state index contributed by atoms with van der Waals surface area (Å²) >= 11 is 0. The molecule has 1 aliphatic rings. The van der Waals surface area contributed by atoms with Gasteiger partial charge in [-0.3, -0.25) is 0 Å². The molecule has 1 N–H and O–H groups in total. The second-order valence-electron chi connectivity index (χ2n) is 1.51. The van der Waals surface area contributed by atoms with Gasteiger partial charge in [-0.2, -0.15) is 0 Å². The van der Waals surface area contributed by atoms with Crippen LogP contribution in [0.5, 0.6) is 0 Å². The lowest BCUT2D eigenvalue weighted by atomic mass is 10.5. The lowest BCUT2D eigenvalue weighted by molar-refractivity contribution is 0.402. The molecule has 2 heteroatoms. The number of rotatable bonds is 2. The van der Waals surface area contributed by atoms with Crippen molar-refractivity contribution in [3.63, 3.8) is 0 Å². The third kappa shape index (κ3) is 0.954. The Morgan fingerprint density at radius 2 is 2.67 bits per heavy atom. The molecular formula is C4H9NO. The van der Waals surface area contributed by atoms with Crippen molar-refractivity contribution in [1.82, 2.24) is 5.32 Å². The second-order valence-corrected chi connectivity index (χ2v) is 1.51. The summed E-state index contributed by atoms with van der Waals surface area (Å²) in [6.07, 6.45) is 0.537. The van der Waals surface area contributed by atoms with Gasteiger partial charge in [-0.25, -0.2) is 0 Å². The molecule has 0 aromatic heterocycles. The first-order valence-corrected chi connectivity index (χ1v) is 2.19. The highest BCUT2D eigenvalue weighted by atomic mass is 16.6. The summed E-state index contributed by atoms with van der Waals surface area (Å²) in [5.41, 5.74) is 0. The van der Waals surface area contributed by atoms with E-state index in [-0.39, 0.29) is 0 Å². The normalized spacial score (nSPS) is 30.5. The molecule has 0 amide bonds. The van der Waals surface area contributed by atoms with Crippen LogP contribution in [0.3, 0.4) is 0 Å². The second kappa shape index (κ2) is 1.58. The highest BCUT2D eigenvalue weighted by Gasteiger charge is 2.20. The zero-order valence-corrected chi connectivity index (χ0v) is 3.90. The van der Waals surface area contributed by atoms with E-state index < -0.39 is 0 Å². The molecule has 1 rings (SSSR count). The molecule has 0 saturated carbocycles. The minimum absolute atomic E-state index is 0.537. The molecule has 1 aliphatic heterocycles. The number of hydrogen-bond donors (Lipinski definition) is 1.